The highest BCUT2D eigenvalue weighted by Gasteiger charge is 2.37. The SMILES string of the molecule is CCOc1ccc(C2c3cccn3CCN2S(=O)(=O)c2ccc(C)cc2)cc1. The molecule has 1 aliphatic rings. The van der Waals surface area contributed by atoms with Crippen molar-refractivity contribution < 1.29 is 13.2 Å². The third-order valence-corrected chi connectivity index (χ3v) is 7.01. The third-order valence-electron chi connectivity index (χ3n) is 5.13. The van der Waals surface area contributed by atoms with Gasteiger partial charge in [0.1, 0.15) is 5.75 Å². The number of aromatic nitrogens is 1. The molecule has 0 N–H and O–H groups in total. The van der Waals surface area contributed by atoms with E-state index >= 15 is 0 Å². The van der Waals surface area contributed by atoms with Gasteiger partial charge in [0.05, 0.1) is 17.5 Å². The Hall–Kier alpha value is -2.57. The molecule has 1 aliphatic heterocycles. The number of rotatable bonds is 5. The largest absolute Gasteiger partial charge is 0.494 e. The van der Waals surface area contributed by atoms with Crippen molar-refractivity contribution in [3.63, 3.8) is 0 Å². The van der Waals surface area contributed by atoms with Gasteiger partial charge in [0.25, 0.3) is 0 Å². The maximum Gasteiger partial charge on any atom is 0.244 e. The number of nitrogens with zero attached hydrogens (tertiary/aromatic N) is 2. The summed E-state index contributed by atoms with van der Waals surface area (Å²) in [5.74, 6) is 0.783. The Kier molecular flexibility index (Phi) is 5.00. The smallest absolute Gasteiger partial charge is 0.244 e. The van der Waals surface area contributed by atoms with Gasteiger partial charge in [0.2, 0.25) is 10.0 Å². The minimum Gasteiger partial charge on any atom is -0.494 e. The lowest BCUT2D eigenvalue weighted by Gasteiger charge is -2.36. The van der Waals surface area contributed by atoms with Gasteiger partial charge in [-0.1, -0.05) is 29.8 Å². The van der Waals surface area contributed by atoms with Gasteiger partial charge in [-0.2, -0.15) is 4.31 Å². The Labute approximate surface area is 166 Å². The minimum atomic E-state index is -3.63. The summed E-state index contributed by atoms with van der Waals surface area (Å²) >= 11 is 0. The van der Waals surface area contributed by atoms with E-state index in [4.69, 9.17) is 4.74 Å². The fraction of sp³-hybridized carbons (Fsp3) is 0.273. The number of benzene rings is 2. The Morgan fingerprint density at radius 1 is 1.00 bits per heavy atom. The van der Waals surface area contributed by atoms with Crippen LogP contribution in [0.3, 0.4) is 0 Å². The highest BCUT2D eigenvalue weighted by atomic mass is 32.2. The van der Waals surface area contributed by atoms with Gasteiger partial charge in [0.15, 0.2) is 0 Å². The van der Waals surface area contributed by atoms with E-state index in [1.165, 1.54) is 0 Å². The average Bonchev–Trinajstić information content (AvgIpc) is 3.17. The molecule has 1 aromatic heterocycles. The molecular formula is C22H24N2O3S. The van der Waals surface area contributed by atoms with Crippen molar-refractivity contribution in [1.82, 2.24) is 8.87 Å². The maximum atomic E-state index is 13.5. The maximum absolute atomic E-state index is 13.5. The molecule has 2 aromatic carbocycles. The zero-order valence-corrected chi connectivity index (χ0v) is 16.9. The van der Waals surface area contributed by atoms with E-state index in [2.05, 4.69) is 4.57 Å². The third kappa shape index (κ3) is 3.34. The first-order valence-corrected chi connectivity index (χ1v) is 10.9. The molecule has 1 unspecified atom stereocenters. The predicted octanol–water partition coefficient (Wildman–Crippen LogP) is 3.99. The van der Waals surface area contributed by atoms with Gasteiger partial charge in [-0.05, 0) is 55.8 Å². The van der Waals surface area contributed by atoms with Crippen molar-refractivity contribution in [3.05, 3.63) is 83.7 Å². The second-order valence-corrected chi connectivity index (χ2v) is 8.85. The van der Waals surface area contributed by atoms with Crippen LogP contribution < -0.4 is 4.74 Å². The van der Waals surface area contributed by atoms with E-state index in [0.29, 0.717) is 24.6 Å². The standard InChI is InChI=1S/C22H24N2O3S/c1-3-27-19-10-8-18(9-11-19)22-21-5-4-14-23(21)15-16-24(22)28(25,26)20-12-6-17(2)7-13-20/h4-14,22H,3,15-16H2,1-2H3. The number of hydrogen-bond donors (Lipinski definition) is 0. The molecule has 4 rings (SSSR count). The molecule has 6 heteroatoms. The molecule has 0 saturated heterocycles. The van der Waals surface area contributed by atoms with Crippen molar-refractivity contribution in [2.75, 3.05) is 13.2 Å². The number of fused-ring (bicyclic) bond motifs is 1. The van der Waals surface area contributed by atoms with Crippen molar-refractivity contribution >= 4 is 10.0 Å². The number of aryl methyl sites for hydroxylation is 1. The summed E-state index contributed by atoms with van der Waals surface area (Å²) in [6.07, 6.45) is 2.01. The zero-order valence-electron chi connectivity index (χ0n) is 16.1. The summed E-state index contributed by atoms with van der Waals surface area (Å²) in [6.45, 7) is 5.56. The molecule has 0 bridgehead atoms. The summed E-state index contributed by atoms with van der Waals surface area (Å²) in [5.41, 5.74) is 2.94. The second kappa shape index (κ2) is 7.45. The van der Waals surface area contributed by atoms with Crippen molar-refractivity contribution in [3.8, 4) is 5.75 Å². The minimum absolute atomic E-state index is 0.328. The highest BCUT2D eigenvalue weighted by Crippen LogP contribution is 2.37. The van der Waals surface area contributed by atoms with E-state index < -0.39 is 10.0 Å². The predicted molar refractivity (Wildman–Crippen MR) is 109 cm³/mol. The lowest BCUT2D eigenvalue weighted by molar-refractivity contribution is 0.298. The normalized spacial score (nSPS) is 17.3. The van der Waals surface area contributed by atoms with Gasteiger partial charge in [-0.15, -0.1) is 0 Å². The number of hydrogen-bond acceptors (Lipinski definition) is 3. The lowest BCUT2D eigenvalue weighted by atomic mass is 10.0. The van der Waals surface area contributed by atoms with Gasteiger partial charge in [0, 0.05) is 25.0 Å². The van der Waals surface area contributed by atoms with Crippen LogP contribution in [0.2, 0.25) is 0 Å². The Morgan fingerprint density at radius 3 is 2.39 bits per heavy atom. The summed E-state index contributed by atoms with van der Waals surface area (Å²) in [7, 11) is -3.63. The van der Waals surface area contributed by atoms with E-state index in [-0.39, 0.29) is 6.04 Å². The van der Waals surface area contributed by atoms with Crippen LogP contribution in [0.4, 0.5) is 0 Å². The molecule has 0 saturated carbocycles. The molecule has 146 valence electrons. The molecule has 5 nitrogen and oxygen atoms in total. The Bertz CT molecular complexity index is 1050. The Morgan fingerprint density at radius 2 is 1.71 bits per heavy atom. The first kappa shape index (κ1) is 18.8. The summed E-state index contributed by atoms with van der Waals surface area (Å²) < 4.78 is 36.2. The molecule has 2 heterocycles. The van der Waals surface area contributed by atoms with Crippen molar-refractivity contribution in [1.29, 1.82) is 0 Å². The first-order chi connectivity index (χ1) is 13.5. The molecule has 0 radical (unpaired) electrons. The molecule has 1 atom stereocenters. The van der Waals surface area contributed by atoms with E-state index in [9.17, 15) is 8.42 Å². The van der Waals surface area contributed by atoms with Crippen LogP contribution in [0.1, 0.15) is 29.8 Å². The molecule has 0 spiro atoms. The van der Waals surface area contributed by atoms with Crippen molar-refractivity contribution in [2.24, 2.45) is 0 Å². The molecule has 0 aliphatic carbocycles. The number of sulfonamides is 1. The Balaban J connectivity index is 1.78. The number of ether oxygens (including phenoxy) is 1. The van der Waals surface area contributed by atoms with Gasteiger partial charge >= 0.3 is 0 Å². The van der Waals surface area contributed by atoms with Gasteiger partial charge in [-0.3, -0.25) is 0 Å². The van der Waals surface area contributed by atoms with Crippen molar-refractivity contribution in [2.45, 2.75) is 31.3 Å². The molecule has 0 amide bonds. The van der Waals surface area contributed by atoms with Crippen LogP contribution in [0, 0.1) is 6.92 Å². The summed E-state index contributed by atoms with van der Waals surface area (Å²) in [6, 6.07) is 18.4. The summed E-state index contributed by atoms with van der Waals surface area (Å²) in [4.78, 5) is 0.328. The highest BCUT2D eigenvalue weighted by molar-refractivity contribution is 7.89. The van der Waals surface area contributed by atoms with Crippen LogP contribution in [-0.4, -0.2) is 30.4 Å². The van der Waals surface area contributed by atoms with Crippen LogP contribution in [-0.2, 0) is 16.6 Å². The summed E-state index contributed by atoms with van der Waals surface area (Å²) in [5, 5.41) is 0. The average molecular weight is 397 g/mol. The zero-order chi connectivity index (χ0) is 19.7. The second-order valence-electron chi connectivity index (χ2n) is 6.96. The van der Waals surface area contributed by atoms with Gasteiger partial charge in [-0.25, -0.2) is 8.42 Å². The first-order valence-electron chi connectivity index (χ1n) is 9.47. The van der Waals surface area contributed by atoms with Crippen LogP contribution in [0.15, 0.2) is 71.8 Å². The fourth-order valence-corrected chi connectivity index (χ4v) is 5.30. The van der Waals surface area contributed by atoms with E-state index in [0.717, 1.165) is 22.6 Å². The topological polar surface area (TPSA) is 51.5 Å². The fourth-order valence-electron chi connectivity index (χ4n) is 3.72. The van der Waals surface area contributed by atoms with Crippen LogP contribution in [0.25, 0.3) is 0 Å². The van der Waals surface area contributed by atoms with E-state index in [1.54, 1.807) is 16.4 Å². The lowest BCUT2D eigenvalue weighted by Crippen LogP contribution is -2.42. The van der Waals surface area contributed by atoms with Crippen LogP contribution >= 0.6 is 0 Å². The molecular weight excluding hydrogens is 372 g/mol. The molecule has 3 aromatic rings. The monoisotopic (exact) mass is 396 g/mol. The van der Waals surface area contributed by atoms with E-state index in [1.807, 2.05) is 68.6 Å². The van der Waals surface area contributed by atoms with Crippen LogP contribution in [0.5, 0.6) is 5.75 Å². The molecule has 0 fully saturated rings. The van der Waals surface area contributed by atoms with Gasteiger partial charge < -0.3 is 9.30 Å². The molecule has 28 heavy (non-hydrogen) atoms. The quantitative estimate of drug-likeness (QED) is 0.655.